The first-order chi connectivity index (χ1) is 6.37. The molecule has 0 saturated carbocycles. The van der Waals surface area contributed by atoms with E-state index < -0.39 is 0 Å². The molecule has 15 heavy (non-hydrogen) atoms. The van der Waals surface area contributed by atoms with Crippen molar-refractivity contribution in [2.45, 2.75) is 77.8 Å². The second kappa shape index (κ2) is 6.35. The molecule has 0 aromatic carbocycles. The molecule has 0 aliphatic rings. The summed E-state index contributed by atoms with van der Waals surface area (Å²) >= 11 is 2.22. The van der Waals surface area contributed by atoms with E-state index in [-0.39, 0.29) is 7.92 Å². The van der Waals surface area contributed by atoms with Gasteiger partial charge < -0.3 is 0 Å². The minimum atomic E-state index is 0.0162. The maximum atomic E-state index is 4.49. The third kappa shape index (κ3) is 7.33. The summed E-state index contributed by atoms with van der Waals surface area (Å²) in [4.78, 5) is 0. The second-order valence-electron chi connectivity index (χ2n) is 6.85. The van der Waals surface area contributed by atoms with E-state index in [1.165, 1.54) is 0 Å². The molecule has 0 atom stereocenters. The van der Waals surface area contributed by atoms with E-state index in [2.05, 4.69) is 90.0 Å². The summed E-state index contributed by atoms with van der Waals surface area (Å²) in [6.45, 7) is 21.5. The molecule has 0 saturated heterocycles. The summed E-state index contributed by atoms with van der Waals surface area (Å²) in [5.74, 6) is 0. The van der Waals surface area contributed by atoms with Gasteiger partial charge in [-0.25, -0.2) is 0 Å². The molecule has 0 fully saturated rings. The minimum absolute atomic E-state index is 0.0162. The molecule has 0 radical (unpaired) electrons. The molecule has 0 unspecified atom stereocenters. The molecular formula is C12H27ClPPd. The van der Waals surface area contributed by atoms with Gasteiger partial charge in [0, 0.05) is 0 Å². The Labute approximate surface area is 113 Å². The molecule has 97 valence electrons. The standard InChI is InChI=1S/C12H27P.ClH.Pd/c1-10(2,3)13(11(4,5)6)12(7,8)9;;/h1-9H3;1H;/q;;+1/p-1. The molecule has 0 heterocycles. The van der Waals surface area contributed by atoms with Crippen LogP contribution in [0.15, 0.2) is 0 Å². The van der Waals surface area contributed by atoms with Gasteiger partial charge in [-0.05, 0) is 15.5 Å². The zero-order valence-corrected chi connectivity index (χ0v) is 14.8. The SMILES string of the molecule is CC(C)(C)P(C(C)(C)C)C(C)(C)C.[Cl][Pd]. The Morgan fingerprint density at radius 1 is 0.600 bits per heavy atom. The normalized spacial score (nSPS) is 13.7. The Kier molecular flexibility index (Phi) is 7.93. The van der Waals surface area contributed by atoms with Gasteiger partial charge in [0.25, 0.3) is 0 Å². The van der Waals surface area contributed by atoms with Crippen LogP contribution in [0, 0.1) is 0 Å². The van der Waals surface area contributed by atoms with Gasteiger partial charge in [-0.15, -0.1) is 0 Å². The summed E-state index contributed by atoms with van der Waals surface area (Å²) in [5.41, 5.74) is 0. The van der Waals surface area contributed by atoms with E-state index in [1.807, 2.05) is 0 Å². The number of halogens is 1. The van der Waals surface area contributed by atoms with Crippen molar-refractivity contribution in [3.63, 3.8) is 0 Å². The molecule has 0 aromatic heterocycles. The van der Waals surface area contributed by atoms with Crippen molar-refractivity contribution >= 4 is 17.5 Å². The molecule has 0 amide bonds. The number of rotatable bonds is 0. The monoisotopic (exact) mass is 343 g/mol. The fourth-order valence-corrected chi connectivity index (χ4v) is 9.06. The van der Waals surface area contributed by atoms with Crippen LogP contribution >= 0.6 is 17.5 Å². The van der Waals surface area contributed by atoms with E-state index in [0.717, 1.165) is 0 Å². The number of hydrogen-bond acceptors (Lipinski definition) is 0. The summed E-state index contributed by atoms with van der Waals surface area (Å²) in [6, 6.07) is 0. The van der Waals surface area contributed by atoms with Crippen LogP contribution in [0.3, 0.4) is 0 Å². The van der Waals surface area contributed by atoms with Gasteiger partial charge in [0.15, 0.2) is 0 Å². The van der Waals surface area contributed by atoms with Gasteiger partial charge >= 0.3 is 27.7 Å². The first kappa shape index (κ1) is 18.7. The van der Waals surface area contributed by atoms with Crippen LogP contribution < -0.4 is 0 Å². The maximum absolute atomic E-state index is 4.49. The Morgan fingerprint density at radius 2 is 0.733 bits per heavy atom. The van der Waals surface area contributed by atoms with Crippen LogP contribution in [0.25, 0.3) is 0 Å². The van der Waals surface area contributed by atoms with Crippen LogP contribution in [0.5, 0.6) is 0 Å². The van der Waals surface area contributed by atoms with E-state index >= 15 is 0 Å². The van der Waals surface area contributed by atoms with Crippen molar-refractivity contribution in [2.75, 3.05) is 0 Å². The molecule has 3 heteroatoms. The Morgan fingerprint density at radius 3 is 0.733 bits per heavy atom. The predicted molar refractivity (Wildman–Crippen MR) is 72.0 cm³/mol. The predicted octanol–water partition coefficient (Wildman–Crippen LogP) is 5.55. The van der Waals surface area contributed by atoms with Gasteiger partial charge in [-0.2, -0.15) is 0 Å². The quantitative estimate of drug-likeness (QED) is 0.399. The van der Waals surface area contributed by atoms with Gasteiger partial charge in [0.1, 0.15) is 0 Å². The summed E-state index contributed by atoms with van der Waals surface area (Å²) in [7, 11) is 4.51. The Balaban J connectivity index is 0. The van der Waals surface area contributed by atoms with E-state index in [1.54, 1.807) is 0 Å². The van der Waals surface area contributed by atoms with Crippen molar-refractivity contribution in [3.05, 3.63) is 0 Å². The van der Waals surface area contributed by atoms with Gasteiger partial charge in [-0.3, -0.25) is 0 Å². The first-order valence-electron chi connectivity index (χ1n) is 5.29. The molecule has 0 aliphatic carbocycles. The summed E-state index contributed by atoms with van der Waals surface area (Å²) < 4.78 is 0. The van der Waals surface area contributed by atoms with E-state index in [9.17, 15) is 0 Å². The number of hydrogen-bond donors (Lipinski definition) is 0. The van der Waals surface area contributed by atoms with Crippen molar-refractivity contribution in [1.29, 1.82) is 0 Å². The topological polar surface area (TPSA) is 0 Å². The van der Waals surface area contributed by atoms with Crippen molar-refractivity contribution in [3.8, 4) is 0 Å². The molecule has 0 N–H and O–H groups in total. The zero-order chi connectivity index (χ0) is 13.1. The van der Waals surface area contributed by atoms with Crippen LogP contribution in [-0.2, 0) is 18.2 Å². The molecule has 0 bridgehead atoms. The van der Waals surface area contributed by atoms with E-state index in [0.29, 0.717) is 15.5 Å². The molecular weight excluding hydrogens is 317 g/mol. The third-order valence-electron chi connectivity index (χ3n) is 2.01. The Bertz CT molecular complexity index is 138. The van der Waals surface area contributed by atoms with Gasteiger partial charge in [0.2, 0.25) is 0 Å². The second-order valence-corrected chi connectivity index (χ2v) is 11.5. The van der Waals surface area contributed by atoms with Crippen molar-refractivity contribution < 1.29 is 18.2 Å². The molecule has 0 rings (SSSR count). The Hall–Kier alpha value is 1.38. The molecule has 0 spiro atoms. The average molecular weight is 344 g/mol. The van der Waals surface area contributed by atoms with Crippen LogP contribution in [0.1, 0.15) is 62.3 Å². The third-order valence-corrected chi connectivity index (χ3v) is 6.04. The zero-order valence-electron chi connectivity index (χ0n) is 11.6. The fourth-order valence-electron chi connectivity index (χ4n) is 3.02. The van der Waals surface area contributed by atoms with Crippen molar-refractivity contribution in [1.82, 2.24) is 0 Å². The fraction of sp³-hybridized carbons (Fsp3) is 1.00. The first-order valence-corrected chi connectivity index (χ1v) is 8.63. The van der Waals surface area contributed by atoms with Crippen molar-refractivity contribution in [2.24, 2.45) is 0 Å². The van der Waals surface area contributed by atoms with Crippen LogP contribution in [0.4, 0.5) is 0 Å². The summed E-state index contributed by atoms with van der Waals surface area (Å²) in [6.07, 6.45) is 0. The van der Waals surface area contributed by atoms with Gasteiger partial charge in [0.05, 0.1) is 0 Å². The molecule has 0 aliphatic heterocycles. The average Bonchev–Trinajstić information content (AvgIpc) is 1.79. The van der Waals surface area contributed by atoms with Crippen LogP contribution in [0.2, 0.25) is 0 Å². The van der Waals surface area contributed by atoms with Crippen LogP contribution in [-0.4, -0.2) is 15.5 Å². The van der Waals surface area contributed by atoms with E-state index in [4.69, 9.17) is 0 Å². The van der Waals surface area contributed by atoms with Gasteiger partial charge in [-0.1, -0.05) is 70.2 Å². The summed E-state index contributed by atoms with van der Waals surface area (Å²) in [5, 5.41) is 1.35. The molecule has 0 nitrogen and oxygen atoms in total. The molecule has 0 aromatic rings.